The van der Waals surface area contributed by atoms with E-state index in [1.807, 2.05) is 54.6 Å². The van der Waals surface area contributed by atoms with Crippen molar-refractivity contribution in [1.29, 1.82) is 0 Å². The number of benzene rings is 3. The third kappa shape index (κ3) is 5.47. The van der Waals surface area contributed by atoms with Crippen LogP contribution < -0.4 is 21.7 Å². The smallest absolute Gasteiger partial charge is 0.277 e. The lowest BCUT2D eigenvalue weighted by atomic mass is 9.98. The maximum Gasteiger partial charge on any atom is 0.277 e. The fourth-order valence-corrected chi connectivity index (χ4v) is 5.46. The van der Waals surface area contributed by atoms with Crippen LogP contribution in [-0.4, -0.2) is 36.1 Å². The van der Waals surface area contributed by atoms with Crippen LogP contribution in [-0.2, 0) is 4.74 Å². The van der Waals surface area contributed by atoms with Gasteiger partial charge in [-0.25, -0.2) is 0 Å². The molecule has 4 aromatic rings. The van der Waals surface area contributed by atoms with Crippen LogP contribution in [0.15, 0.2) is 93.4 Å². The summed E-state index contributed by atoms with van der Waals surface area (Å²) in [7, 11) is 0. The molecule has 1 atom stereocenters. The summed E-state index contributed by atoms with van der Waals surface area (Å²) in [4.78, 5) is 16.0. The molecular weight excluding hydrogens is 496 g/mol. The van der Waals surface area contributed by atoms with Crippen LogP contribution in [0.1, 0.15) is 23.6 Å². The minimum Gasteiger partial charge on any atom is -0.858 e. The van der Waals surface area contributed by atoms with Crippen molar-refractivity contribution in [2.45, 2.75) is 22.3 Å². The summed E-state index contributed by atoms with van der Waals surface area (Å²) < 4.78 is 7.04. The van der Waals surface area contributed by atoms with E-state index < -0.39 is 11.6 Å². The molecule has 0 saturated carbocycles. The van der Waals surface area contributed by atoms with Gasteiger partial charge in [0.15, 0.2) is 0 Å². The maximum absolute atomic E-state index is 13.6. The molecule has 3 aromatic carbocycles. The van der Waals surface area contributed by atoms with Gasteiger partial charge in [0.05, 0.1) is 22.6 Å². The fourth-order valence-electron chi connectivity index (χ4n) is 4.35. The van der Waals surface area contributed by atoms with Gasteiger partial charge >= 0.3 is 0 Å². The summed E-state index contributed by atoms with van der Waals surface area (Å²) in [6, 6.07) is 24.6. The molecule has 188 valence electrons. The number of hydrogen-bond acceptors (Lipinski definition) is 6. The molecule has 1 unspecified atom stereocenters. The van der Waals surface area contributed by atoms with E-state index >= 15 is 0 Å². The summed E-state index contributed by atoms with van der Waals surface area (Å²) in [6.07, 6.45) is 0.963. The van der Waals surface area contributed by atoms with E-state index in [2.05, 4.69) is 22.1 Å². The second-order valence-corrected chi connectivity index (χ2v) is 9.80. The first kappa shape index (κ1) is 25.9. The average molecular weight is 524 g/mol. The number of rotatable bonds is 6. The SMILES string of the molecule is N.O=c1[nH]n(C(c2ccccc2)c2cccc(N3CCCOCC3)c2)c([O-])c1Sc1ccccc1Cl. The van der Waals surface area contributed by atoms with Crippen LogP contribution in [0.4, 0.5) is 5.69 Å². The van der Waals surface area contributed by atoms with Gasteiger partial charge < -0.3 is 20.9 Å². The molecule has 5 rings (SSSR count). The Balaban J connectivity index is 0.00000304. The molecule has 1 saturated heterocycles. The standard InChI is InChI=1S/C27H26ClN3O3S.H3N/c28-22-12-4-5-13-23(22)35-25-26(32)29-31(27(25)33)24(19-8-2-1-3-9-19)20-10-6-11-21(18-20)30-14-7-16-34-17-15-30;/h1-6,8-13,18,24,33H,7,14-17H2,(H,29,32);1H3/p-1. The highest BCUT2D eigenvalue weighted by Crippen LogP contribution is 2.38. The van der Waals surface area contributed by atoms with Crippen molar-refractivity contribution in [2.24, 2.45) is 0 Å². The van der Waals surface area contributed by atoms with E-state index in [0.717, 1.165) is 54.7 Å². The number of ether oxygens (including phenoxy) is 1. The molecule has 0 aliphatic carbocycles. The molecule has 0 bridgehead atoms. The second kappa shape index (κ2) is 11.7. The van der Waals surface area contributed by atoms with Crippen molar-refractivity contribution in [3.63, 3.8) is 0 Å². The first-order valence-corrected chi connectivity index (χ1v) is 12.7. The molecule has 1 fully saturated rings. The van der Waals surface area contributed by atoms with Crippen LogP contribution in [0.3, 0.4) is 0 Å². The van der Waals surface area contributed by atoms with Crippen molar-refractivity contribution in [2.75, 3.05) is 31.2 Å². The Hall–Kier alpha value is -3.17. The molecule has 0 spiro atoms. The molecule has 9 heteroatoms. The molecule has 36 heavy (non-hydrogen) atoms. The highest BCUT2D eigenvalue weighted by atomic mass is 35.5. The summed E-state index contributed by atoms with van der Waals surface area (Å²) in [5, 5.41) is 16.9. The Morgan fingerprint density at radius 2 is 1.69 bits per heavy atom. The molecule has 4 N–H and O–H groups in total. The van der Waals surface area contributed by atoms with E-state index in [1.54, 1.807) is 12.1 Å². The van der Waals surface area contributed by atoms with Gasteiger partial charge in [-0.15, -0.1) is 0 Å². The molecule has 0 amide bonds. The van der Waals surface area contributed by atoms with E-state index in [-0.39, 0.29) is 16.9 Å². The number of nitrogens with one attached hydrogen (secondary N) is 1. The number of halogens is 1. The summed E-state index contributed by atoms with van der Waals surface area (Å²) in [5.74, 6) is -0.373. The van der Waals surface area contributed by atoms with Gasteiger partial charge in [0.25, 0.3) is 5.56 Å². The summed E-state index contributed by atoms with van der Waals surface area (Å²) in [6.45, 7) is 3.17. The first-order valence-electron chi connectivity index (χ1n) is 11.5. The van der Waals surface area contributed by atoms with E-state index in [4.69, 9.17) is 16.3 Å². The van der Waals surface area contributed by atoms with Gasteiger partial charge in [-0.2, -0.15) is 0 Å². The minimum absolute atomic E-state index is 0. The zero-order valence-corrected chi connectivity index (χ0v) is 21.3. The van der Waals surface area contributed by atoms with Gasteiger partial charge in [-0.3, -0.25) is 14.6 Å². The average Bonchev–Trinajstić information content (AvgIpc) is 3.06. The number of nitrogens with zero attached hydrogens (tertiary/aromatic N) is 2. The number of hydrogen-bond donors (Lipinski definition) is 2. The number of H-pyrrole nitrogens is 1. The molecule has 1 aliphatic heterocycles. The number of aromatic amines is 1. The predicted octanol–water partition coefficient (Wildman–Crippen LogP) is 5.08. The van der Waals surface area contributed by atoms with Crippen LogP contribution in [0.2, 0.25) is 5.02 Å². The Kier molecular flexibility index (Phi) is 8.43. The van der Waals surface area contributed by atoms with Gasteiger partial charge in [-0.05, 0) is 41.8 Å². The maximum atomic E-state index is 13.6. The van der Waals surface area contributed by atoms with E-state index in [1.165, 1.54) is 4.68 Å². The van der Waals surface area contributed by atoms with Crippen molar-refractivity contribution >= 4 is 29.1 Å². The molecule has 0 radical (unpaired) electrons. The Labute approximate surface area is 219 Å². The normalized spacial score (nSPS) is 14.6. The minimum atomic E-state index is -0.486. The monoisotopic (exact) mass is 523 g/mol. The van der Waals surface area contributed by atoms with Crippen molar-refractivity contribution in [3.05, 3.63) is 105 Å². The topological polar surface area (TPSA) is 108 Å². The number of aromatic nitrogens is 2. The van der Waals surface area contributed by atoms with Crippen LogP contribution in [0.5, 0.6) is 5.88 Å². The van der Waals surface area contributed by atoms with Gasteiger partial charge in [-0.1, -0.05) is 78.0 Å². The lowest BCUT2D eigenvalue weighted by Gasteiger charge is -2.27. The lowest BCUT2D eigenvalue weighted by molar-refractivity contribution is -0.284. The van der Waals surface area contributed by atoms with E-state index in [9.17, 15) is 9.90 Å². The van der Waals surface area contributed by atoms with Gasteiger partial charge in [0.1, 0.15) is 0 Å². The quantitative estimate of drug-likeness (QED) is 0.365. The number of anilines is 1. The van der Waals surface area contributed by atoms with E-state index in [0.29, 0.717) is 16.5 Å². The summed E-state index contributed by atoms with van der Waals surface area (Å²) in [5.41, 5.74) is 2.46. The fraction of sp³-hybridized carbons (Fsp3) is 0.222. The van der Waals surface area contributed by atoms with Gasteiger partial charge in [0, 0.05) is 36.2 Å². The van der Waals surface area contributed by atoms with Crippen molar-refractivity contribution < 1.29 is 9.84 Å². The Morgan fingerprint density at radius 3 is 2.50 bits per heavy atom. The predicted molar refractivity (Wildman–Crippen MR) is 143 cm³/mol. The second-order valence-electron chi connectivity index (χ2n) is 8.34. The first-order chi connectivity index (χ1) is 17.1. The van der Waals surface area contributed by atoms with Crippen LogP contribution >= 0.6 is 23.4 Å². The van der Waals surface area contributed by atoms with Crippen LogP contribution in [0.25, 0.3) is 0 Å². The van der Waals surface area contributed by atoms with Crippen LogP contribution in [0, 0.1) is 0 Å². The van der Waals surface area contributed by atoms with Crippen molar-refractivity contribution in [3.8, 4) is 5.88 Å². The zero-order valence-electron chi connectivity index (χ0n) is 19.7. The Morgan fingerprint density at radius 1 is 0.944 bits per heavy atom. The van der Waals surface area contributed by atoms with Gasteiger partial charge in [0.2, 0.25) is 0 Å². The molecule has 2 heterocycles. The lowest BCUT2D eigenvalue weighted by Crippen LogP contribution is -2.26. The third-order valence-corrected chi connectivity index (χ3v) is 7.62. The van der Waals surface area contributed by atoms with Crippen molar-refractivity contribution in [1.82, 2.24) is 15.9 Å². The Bertz CT molecular complexity index is 1350. The largest absolute Gasteiger partial charge is 0.858 e. The highest BCUT2D eigenvalue weighted by molar-refractivity contribution is 7.99. The third-order valence-electron chi connectivity index (χ3n) is 6.04. The molecule has 7 nitrogen and oxygen atoms in total. The molecule has 1 aromatic heterocycles. The molecule has 1 aliphatic rings. The molecular formula is C27H28ClN4O3S-. The summed E-state index contributed by atoms with van der Waals surface area (Å²) >= 11 is 7.38. The zero-order chi connectivity index (χ0) is 24.2. The highest BCUT2D eigenvalue weighted by Gasteiger charge is 2.22.